The van der Waals surface area contributed by atoms with Crippen LogP contribution in [0.4, 0.5) is 5.69 Å². The number of carbonyl (C=O) groups is 1. The maximum absolute atomic E-state index is 12.2. The van der Waals surface area contributed by atoms with Gasteiger partial charge < -0.3 is 0 Å². The molecule has 0 spiro atoms. The van der Waals surface area contributed by atoms with E-state index in [1.54, 1.807) is 4.68 Å². The lowest BCUT2D eigenvalue weighted by Crippen LogP contribution is -2.25. The molecular weight excluding hydrogens is 296 g/mol. The number of hydrogen-bond donors (Lipinski definition) is 1. The highest BCUT2D eigenvalue weighted by atomic mass is 16.6. The Kier molecular flexibility index (Phi) is 4.57. The van der Waals surface area contributed by atoms with Gasteiger partial charge in [0.2, 0.25) is 0 Å². The predicted octanol–water partition coefficient (Wildman–Crippen LogP) is 2.69. The van der Waals surface area contributed by atoms with Crippen LogP contribution in [0.1, 0.15) is 17.0 Å². The second-order valence-electron chi connectivity index (χ2n) is 4.91. The van der Waals surface area contributed by atoms with E-state index in [1.165, 1.54) is 30.3 Å². The molecule has 0 bridgehead atoms. The van der Waals surface area contributed by atoms with Crippen molar-refractivity contribution in [3.05, 3.63) is 69.0 Å². The minimum Gasteiger partial charge on any atom is -0.267 e. The molecule has 2 aromatic rings. The molecule has 1 heterocycles. The molecule has 7 heteroatoms. The van der Waals surface area contributed by atoms with E-state index < -0.39 is 10.8 Å². The lowest BCUT2D eigenvalue weighted by molar-refractivity contribution is -0.384. The van der Waals surface area contributed by atoms with Crippen LogP contribution >= 0.6 is 0 Å². The first-order valence-electron chi connectivity index (χ1n) is 6.75. The molecule has 1 aromatic carbocycles. The normalized spacial score (nSPS) is 10.9. The van der Waals surface area contributed by atoms with Gasteiger partial charge in [0.25, 0.3) is 11.6 Å². The molecule has 7 nitrogen and oxygen atoms in total. The first kappa shape index (κ1) is 16.0. The summed E-state index contributed by atoms with van der Waals surface area (Å²) in [5.74, 6) is -0.548. The van der Waals surface area contributed by atoms with Crippen LogP contribution < -0.4 is 5.43 Å². The van der Waals surface area contributed by atoms with Gasteiger partial charge in [-0.05, 0) is 49.8 Å². The molecule has 0 fully saturated rings. The van der Waals surface area contributed by atoms with Gasteiger partial charge in [0, 0.05) is 23.5 Å². The zero-order valence-corrected chi connectivity index (χ0v) is 12.6. The molecule has 1 N–H and O–H groups in total. The van der Waals surface area contributed by atoms with Gasteiger partial charge in [-0.1, -0.05) is 0 Å². The first-order chi connectivity index (χ1) is 10.9. The van der Waals surface area contributed by atoms with Crippen molar-refractivity contribution in [1.82, 2.24) is 4.68 Å². The van der Waals surface area contributed by atoms with E-state index in [9.17, 15) is 20.2 Å². The van der Waals surface area contributed by atoms with E-state index in [0.29, 0.717) is 5.56 Å². The molecule has 2 rings (SSSR count). The molecule has 0 saturated heterocycles. The SMILES string of the molecule is Cc1ccc(C)n1NC(=O)/C(C#N)=C\c1ccc([N+](=O)[O-])cc1. The van der Waals surface area contributed by atoms with Crippen LogP contribution in [0.15, 0.2) is 42.0 Å². The minimum absolute atomic E-state index is 0.0521. The molecule has 0 aliphatic heterocycles. The van der Waals surface area contributed by atoms with Crippen molar-refractivity contribution in [2.24, 2.45) is 0 Å². The highest BCUT2D eigenvalue weighted by molar-refractivity contribution is 6.06. The van der Waals surface area contributed by atoms with Crippen LogP contribution in [0.2, 0.25) is 0 Å². The highest BCUT2D eigenvalue weighted by Crippen LogP contribution is 2.14. The van der Waals surface area contributed by atoms with Crippen LogP contribution in [0.25, 0.3) is 6.08 Å². The number of rotatable bonds is 4. The number of benzene rings is 1. The largest absolute Gasteiger partial charge is 0.280 e. The van der Waals surface area contributed by atoms with Crippen molar-refractivity contribution >= 4 is 17.7 Å². The van der Waals surface area contributed by atoms with Crippen LogP contribution in [-0.4, -0.2) is 15.5 Å². The fourth-order valence-corrected chi connectivity index (χ4v) is 2.01. The number of non-ortho nitro benzene ring substituents is 1. The second kappa shape index (κ2) is 6.58. The van der Waals surface area contributed by atoms with Gasteiger partial charge in [0.1, 0.15) is 11.6 Å². The van der Waals surface area contributed by atoms with Gasteiger partial charge in [0.15, 0.2) is 0 Å². The van der Waals surface area contributed by atoms with Crippen molar-refractivity contribution in [2.75, 3.05) is 5.43 Å². The van der Waals surface area contributed by atoms with E-state index in [0.717, 1.165) is 11.4 Å². The lowest BCUT2D eigenvalue weighted by atomic mass is 10.1. The maximum Gasteiger partial charge on any atom is 0.280 e. The fraction of sp³-hybridized carbons (Fsp3) is 0.125. The Morgan fingerprint density at radius 3 is 2.26 bits per heavy atom. The summed E-state index contributed by atoms with van der Waals surface area (Å²) in [5.41, 5.74) is 4.70. The number of carbonyl (C=O) groups excluding carboxylic acids is 1. The smallest absolute Gasteiger partial charge is 0.267 e. The van der Waals surface area contributed by atoms with E-state index >= 15 is 0 Å². The Morgan fingerprint density at radius 1 is 1.22 bits per heavy atom. The third-order valence-electron chi connectivity index (χ3n) is 3.26. The third kappa shape index (κ3) is 3.63. The molecule has 0 aliphatic carbocycles. The molecule has 23 heavy (non-hydrogen) atoms. The van der Waals surface area contributed by atoms with E-state index in [4.69, 9.17) is 0 Å². The van der Waals surface area contributed by atoms with Gasteiger partial charge in [0.05, 0.1) is 4.92 Å². The first-order valence-corrected chi connectivity index (χ1v) is 6.75. The molecule has 1 amide bonds. The standard InChI is InChI=1S/C16H14N4O3/c1-11-3-4-12(2)19(11)18-16(21)14(10-17)9-13-5-7-15(8-6-13)20(22)23/h3-9H,1-2H3,(H,18,21)/b14-9-. The van der Waals surface area contributed by atoms with Crippen LogP contribution in [0.3, 0.4) is 0 Å². The topological polar surface area (TPSA) is 101 Å². The van der Waals surface area contributed by atoms with Crippen molar-refractivity contribution < 1.29 is 9.72 Å². The number of nitro benzene ring substituents is 1. The zero-order chi connectivity index (χ0) is 17.0. The summed E-state index contributed by atoms with van der Waals surface area (Å²) in [7, 11) is 0. The number of amides is 1. The number of nitrogens with zero attached hydrogens (tertiary/aromatic N) is 3. The van der Waals surface area contributed by atoms with Crippen LogP contribution in [-0.2, 0) is 4.79 Å². The number of aryl methyl sites for hydroxylation is 2. The summed E-state index contributed by atoms with van der Waals surface area (Å²) in [5, 5.41) is 19.8. The molecule has 1 aromatic heterocycles. The summed E-state index contributed by atoms with van der Waals surface area (Å²) in [6.07, 6.45) is 1.38. The van der Waals surface area contributed by atoms with Crippen LogP contribution in [0.5, 0.6) is 0 Å². The summed E-state index contributed by atoms with van der Waals surface area (Å²) < 4.78 is 1.59. The average Bonchev–Trinajstić information content (AvgIpc) is 2.84. The Hall–Kier alpha value is -3.40. The summed E-state index contributed by atoms with van der Waals surface area (Å²) >= 11 is 0. The Balaban J connectivity index is 2.23. The van der Waals surface area contributed by atoms with Gasteiger partial charge in [-0.3, -0.25) is 25.0 Å². The minimum atomic E-state index is -0.548. The Bertz CT molecular complexity index is 807. The van der Waals surface area contributed by atoms with Crippen LogP contribution in [0, 0.1) is 35.3 Å². The van der Waals surface area contributed by atoms with E-state index in [1.807, 2.05) is 32.0 Å². The summed E-state index contributed by atoms with van der Waals surface area (Å²) in [6, 6.07) is 11.1. The fourth-order valence-electron chi connectivity index (χ4n) is 2.01. The van der Waals surface area contributed by atoms with Crippen molar-refractivity contribution in [3.8, 4) is 6.07 Å². The number of nitro groups is 1. The molecule has 0 unspecified atom stereocenters. The maximum atomic E-state index is 12.2. The zero-order valence-electron chi connectivity index (χ0n) is 12.6. The van der Waals surface area contributed by atoms with Crippen molar-refractivity contribution in [1.29, 1.82) is 5.26 Å². The van der Waals surface area contributed by atoms with Crippen molar-refractivity contribution in [2.45, 2.75) is 13.8 Å². The monoisotopic (exact) mass is 310 g/mol. The summed E-state index contributed by atoms with van der Waals surface area (Å²) in [4.78, 5) is 22.3. The van der Waals surface area contributed by atoms with Gasteiger partial charge in [-0.15, -0.1) is 0 Å². The Morgan fingerprint density at radius 2 is 1.78 bits per heavy atom. The predicted molar refractivity (Wildman–Crippen MR) is 85.0 cm³/mol. The van der Waals surface area contributed by atoms with E-state index in [-0.39, 0.29) is 11.3 Å². The second-order valence-corrected chi connectivity index (χ2v) is 4.91. The molecule has 116 valence electrons. The van der Waals surface area contributed by atoms with Gasteiger partial charge >= 0.3 is 0 Å². The molecule has 0 atom stereocenters. The molecule has 0 radical (unpaired) electrons. The molecule has 0 aliphatic rings. The van der Waals surface area contributed by atoms with Gasteiger partial charge in [-0.25, -0.2) is 0 Å². The third-order valence-corrected chi connectivity index (χ3v) is 3.26. The average molecular weight is 310 g/mol. The number of nitriles is 1. The van der Waals surface area contributed by atoms with Crippen molar-refractivity contribution in [3.63, 3.8) is 0 Å². The highest BCUT2D eigenvalue weighted by Gasteiger charge is 2.12. The lowest BCUT2D eigenvalue weighted by Gasteiger charge is -2.10. The molecule has 0 saturated carbocycles. The number of hydrogen-bond acceptors (Lipinski definition) is 4. The van der Waals surface area contributed by atoms with Gasteiger partial charge in [-0.2, -0.15) is 5.26 Å². The Labute approximate surface area is 132 Å². The quantitative estimate of drug-likeness (QED) is 0.406. The number of aromatic nitrogens is 1. The summed E-state index contributed by atoms with van der Waals surface area (Å²) in [6.45, 7) is 3.67. The molecular formula is C16H14N4O3. The number of nitrogens with one attached hydrogen (secondary N) is 1. The van der Waals surface area contributed by atoms with E-state index in [2.05, 4.69) is 5.43 Å².